The zero-order chi connectivity index (χ0) is 22.1. The third kappa shape index (κ3) is 5.41. The van der Waals surface area contributed by atoms with Crippen molar-refractivity contribution in [2.45, 2.75) is 52.4 Å². The fraction of sp³-hybridized carbons (Fsp3) is 0.435. The van der Waals surface area contributed by atoms with Crippen LogP contribution in [-0.4, -0.2) is 26.2 Å². The van der Waals surface area contributed by atoms with E-state index in [1.165, 1.54) is 21.1 Å². The number of rotatable bonds is 10. The summed E-state index contributed by atoms with van der Waals surface area (Å²) in [6.45, 7) is 3.40. The van der Waals surface area contributed by atoms with Crippen molar-refractivity contribution in [3.05, 3.63) is 23.8 Å². The Morgan fingerprint density at radius 2 is 1.53 bits per heavy atom. The molecule has 0 aromatic heterocycles. The maximum absolute atomic E-state index is 12.5. The second-order valence-corrected chi connectivity index (χ2v) is 6.83. The number of benzene rings is 2. The molecule has 0 aliphatic heterocycles. The molecule has 7 heteroatoms. The highest BCUT2D eigenvalue weighted by Gasteiger charge is 2.26. The van der Waals surface area contributed by atoms with Crippen LogP contribution in [0.1, 0.15) is 57.9 Å². The number of nitriles is 1. The topological polar surface area (TPSA) is 94.8 Å². The molecule has 160 valence electrons. The standard InChI is InChI=1S/C23H27NO6/c1-5-6-7-8-9-10-19(26)30-20-17-12-11-16(14-24)13-18(17)21(29-15(2)25)23(28-4)22(20)27-3/h11-13H,5-10H2,1-4H3. The van der Waals surface area contributed by atoms with E-state index >= 15 is 0 Å². The monoisotopic (exact) mass is 413 g/mol. The average molecular weight is 413 g/mol. The molecule has 2 aromatic rings. The Balaban J connectivity index is 2.51. The van der Waals surface area contributed by atoms with E-state index in [9.17, 15) is 14.9 Å². The summed E-state index contributed by atoms with van der Waals surface area (Å²) in [6, 6.07) is 6.83. The Morgan fingerprint density at radius 3 is 2.10 bits per heavy atom. The van der Waals surface area contributed by atoms with Crippen molar-refractivity contribution in [1.82, 2.24) is 0 Å². The molecule has 0 atom stereocenters. The predicted octanol–water partition coefficient (Wildman–Crippen LogP) is 4.92. The van der Waals surface area contributed by atoms with Crippen molar-refractivity contribution in [1.29, 1.82) is 5.26 Å². The van der Waals surface area contributed by atoms with Gasteiger partial charge in [0.05, 0.1) is 25.9 Å². The molecule has 30 heavy (non-hydrogen) atoms. The highest BCUT2D eigenvalue weighted by atomic mass is 16.6. The number of carbonyl (C=O) groups excluding carboxylic acids is 2. The largest absolute Gasteiger partial charge is 0.490 e. The number of methoxy groups -OCH3 is 2. The van der Waals surface area contributed by atoms with Crippen LogP contribution in [0.3, 0.4) is 0 Å². The molecule has 0 saturated carbocycles. The normalized spacial score (nSPS) is 10.4. The van der Waals surface area contributed by atoms with Crippen molar-refractivity contribution in [3.63, 3.8) is 0 Å². The first-order chi connectivity index (χ1) is 14.5. The van der Waals surface area contributed by atoms with Gasteiger partial charge in [-0.15, -0.1) is 0 Å². The Morgan fingerprint density at radius 1 is 0.900 bits per heavy atom. The molecule has 0 spiro atoms. The molecule has 0 fully saturated rings. The van der Waals surface area contributed by atoms with E-state index in [-0.39, 0.29) is 29.4 Å². The number of fused-ring (bicyclic) bond motifs is 1. The van der Waals surface area contributed by atoms with E-state index in [1.807, 2.05) is 0 Å². The van der Waals surface area contributed by atoms with Gasteiger partial charge >= 0.3 is 11.9 Å². The van der Waals surface area contributed by atoms with Gasteiger partial charge in [-0.25, -0.2) is 0 Å². The van der Waals surface area contributed by atoms with E-state index in [4.69, 9.17) is 18.9 Å². The molecular formula is C23H27NO6. The van der Waals surface area contributed by atoms with Crippen LogP contribution in [-0.2, 0) is 9.59 Å². The van der Waals surface area contributed by atoms with Crippen molar-refractivity contribution < 1.29 is 28.5 Å². The third-order valence-electron chi connectivity index (χ3n) is 4.61. The summed E-state index contributed by atoms with van der Waals surface area (Å²) in [5.74, 6) is -0.420. The van der Waals surface area contributed by atoms with Crippen LogP contribution in [0.15, 0.2) is 18.2 Å². The van der Waals surface area contributed by atoms with Gasteiger partial charge in [0.25, 0.3) is 0 Å². The summed E-state index contributed by atoms with van der Waals surface area (Å²) >= 11 is 0. The van der Waals surface area contributed by atoms with Crippen molar-refractivity contribution in [2.24, 2.45) is 0 Å². The summed E-state index contributed by atoms with van der Waals surface area (Å²) < 4.78 is 21.9. The van der Waals surface area contributed by atoms with Crippen LogP contribution in [0, 0.1) is 11.3 Å². The van der Waals surface area contributed by atoms with E-state index < -0.39 is 11.9 Å². The molecule has 0 aliphatic carbocycles. The number of nitrogens with zero attached hydrogens (tertiary/aromatic N) is 1. The van der Waals surface area contributed by atoms with Gasteiger partial charge in [0.15, 0.2) is 11.5 Å². The van der Waals surface area contributed by atoms with Gasteiger partial charge in [0, 0.05) is 24.1 Å². The predicted molar refractivity (Wildman–Crippen MR) is 112 cm³/mol. The van der Waals surface area contributed by atoms with Gasteiger partial charge in [-0.2, -0.15) is 5.26 Å². The highest BCUT2D eigenvalue weighted by Crippen LogP contribution is 2.51. The quantitative estimate of drug-likeness (QED) is 0.310. The number of unbranched alkanes of at least 4 members (excludes halogenated alkanes) is 4. The number of hydrogen-bond donors (Lipinski definition) is 0. The second kappa shape index (κ2) is 11.1. The van der Waals surface area contributed by atoms with E-state index in [1.54, 1.807) is 18.2 Å². The third-order valence-corrected chi connectivity index (χ3v) is 4.61. The molecule has 0 bridgehead atoms. The minimum atomic E-state index is -0.559. The number of ether oxygens (including phenoxy) is 4. The average Bonchev–Trinajstić information content (AvgIpc) is 2.74. The molecule has 0 heterocycles. The SMILES string of the molecule is CCCCCCCC(=O)Oc1c(OC)c(OC)c(OC(C)=O)c2cc(C#N)ccc12. The minimum absolute atomic E-state index is 0.105. The molecule has 0 N–H and O–H groups in total. The lowest BCUT2D eigenvalue weighted by atomic mass is 10.0. The molecular weight excluding hydrogens is 386 g/mol. The smallest absolute Gasteiger partial charge is 0.311 e. The van der Waals surface area contributed by atoms with Gasteiger partial charge in [-0.1, -0.05) is 32.6 Å². The maximum atomic E-state index is 12.5. The van der Waals surface area contributed by atoms with Gasteiger partial charge in [0.2, 0.25) is 11.5 Å². The Labute approximate surface area is 176 Å². The zero-order valence-corrected chi connectivity index (χ0v) is 17.9. The van der Waals surface area contributed by atoms with Crippen LogP contribution >= 0.6 is 0 Å². The molecule has 0 unspecified atom stereocenters. The summed E-state index contributed by atoms with van der Waals surface area (Å²) in [6.07, 6.45) is 5.33. The van der Waals surface area contributed by atoms with Crippen LogP contribution in [0.2, 0.25) is 0 Å². The molecule has 2 rings (SSSR count). The molecule has 0 saturated heterocycles. The Hall–Kier alpha value is -3.27. The van der Waals surface area contributed by atoms with Crippen LogP contribution < -0.4 is 18.9 Å². The van der Waals surface area contributed by atoms with Gasteiger partial charge in [-0.3, -0.25) is 9.59 Å². The first-order valence-electron chi connectivity index (χ1n) is 9.97. The molecule has 7 nitrogen and oxygen atoms in total. The summed E-state index contributed by atoms with van der Waals surface area (Å²) in [7, 11) is 2.80. The van der Waals surface area contributed by atoms with Crippen LogP contribution in [0.5, 0.6) is 23.0 Å². The van der Waals surface area contributed by atoms with Gasteiger partial charge in [0.1, 0.15) is 0 Å². The summed E-state index contributed by atoms with van der Waals surface area (Å²) in [4.78, 5) is 24.2. The lowest BCUT2D eigenvalue weighted by Gasteiger charge is -2.19. The van der Waals surface area contributed by atoms with E-state index in [0.29, 0.717) is 16.3 Å². The van der Waals surface area contributed by atoms with Crippen molar-refractivity contribution in [2.75, 3.05) is 14.2 Å². The fourth-order valence-corrected chi connectivity index (χ4v) is 3.21. The minimum Gasteiger partial charge on any atom is -0.490 e. The van der Waals surface area contributed by atoms with Crippen LogP contribution in [0.4, 0.5) is 0 Å². The highest BCUT2D eigenvalue weighted by molar-refractivity contribution is 6.01. The molecule has 0 radical (unpaired) electrons. The number of hydrogen-bond acceptors (Lipinski definition) is 7. The summed E-state index contributed by atoms with van der Waals surface area (Å²) in [5.41, 5.74) is 0.358. The Kier molecular flexibility index (Phi) is 8.48. The number of esters is 2. The molecule has 0 aliphatic rings. The zero-order valence-electron chi connectivity index (χ0n) is 17.9. The lowest BCUT2D eigenvalue weighted by molar-refractivity contribution is -0.135. The van der Waals surface area contributed by atoms with Crippen LogP contribution in [0.25, 0.3) is 10.8 Å². The van der Waals surface area contributed by atoms with E-state index in [0.717, 1.165) is 32.1 Å². The van der Waals surface area contributed by atoms with Crippen molar-refractivity contribution in [3.8, 4) is 29.1 Å². The first-order valence-corrected chi connectivity index (χ1v) is 9.97. The molecule has 0 amide bonds. The number of carbonyl (C=O) groups is 2. The van der Waals surface area contributed by atoms with Gasteiger partial charge < -0.3 is 18.9 Å². The van der Waals surface area contributed by atoms with E-state index in [2.05, 4.69) is 13.0 Å². The van der Waals surface area contributed by atoms with Crippen molar-refractivity contribution >= 4 is 22.7 Å². The maximum Gasteiger partial charge on any atom is 0.311 e. The first kappa shape index (κ1) is 23.0. The second-order valence-electron chi connectivity index (χ2n) is 6.83. The Bertz CT molecular complexity index is 961. The summed E-state index contributed by atoms with van der Waals surface area (Å²) in [5, 5.41) is 10.2. The molecule has 2 aromatic carbocycles. The van der Waals surface area contributed by atoms with Gasteiger partial charge in [-0.05, 0) is 24.6 Å². The lowest BCUT2D eigenvalue weighted by Crippen LogP contribution is -2.11. The fourth-order valence-electron chi connectivity index (χ4n) is 3.21.